The molecule has 0 amide bonds. The third-order valence-electron chi connectivity index (χ3n) is 2.49. The molecule has 0 saturated heterocycles. The second-order valence-corrected chi connectivity index (χ2v) is 6.36. The fourth-order valence-corrected chi connectivity index (χ4v) is 3.37. The SMILES string of the molecule is CCOc1ccccc1Nc1nnc(SCCCC#N)s1. The summed E-state index contributed by atoms with van der Waals surface area (Å²) in [7, 11) is 0. The molecule has 0 aliphatic rings. The number of rotatable bonds is 8. The quantitative estimate of drug-likeness (QED) is 0.584. The zero-order chi connectivity index (χ0) is 14.9. The van der Waals surface area contributed by atoms with Crippen molar-refractivity contribution in [2.45, 2.75) is 24.1 Å². The molecule has 21 heavy (non-hydrogen) atoms. The molecule has 0 aliphatic carbocycles. The molecule has 1 heterocycles. The Balaban J connectivity index is 1.95. The van der Waals surface area contributed by atoms with Crippen molar-refractivity contribution in [2.75, 3.05) is 17.7 Å². The van der Waals surface area contributed by atoms with Crippen LogP contribution in [-0.2, 0) is 0 Å². The van der Waals surface area contributed by atoms with E-state index in [2.05, 4.69) is 21.6 Å². The van der Waals surface area contributed by atoms with E-state index in [1.54, 1.807) is 11.8 Å². The molecule has 5 nitrogen and oxygen atoms in total. The summed E-state index contributed by atoms with van der Waals surface area (Å²) in [5, 5.41) is 20.7. The second kappa shape index (κ2) is 8.49. The largest absolute Gasteiger partial charge is 0.492 e. The van der Waals surface area contributed by atoms with Crippen LogP contribution in [-0.4, -0.2) is 22.6 Å². The minimum atomic E-state index is 0.582. The topological polar surface area (TPSA) is 70.8 Å². The maximum Gasteiger partial charge on any atom is 0.210 e. The van der Waals surface area contributed by atoms with Gasteiger partial charge in [0.25, 0.3) is 0 Å². The molecule has 1 N–H and O–H groups in total. The van der Waals surface area contributed by atoms with Gasteiger partial charge in [-0.25, -0.2) is 0 Å². The molecular formula is C14H16N4OS2. The number of nitriles is 1. The molecule has 0 atom stereocenters. The number of anilines is 2. The minimum Gasteiger partial charge on any atom is -0.492 e. The van der Waals surface area contributed by atoms with Gasteiger partial charge < -0.3 is 10.1 Å². The summed E-state index contributed by atoms with van der Waals surface area (Å²) in [6, 6.07) is 9.89. The highest BCUT2D eigenvalue weighted by Gasteiger charge is 2.08. The summed E-state index contributed by atoms with van der Waals surface area (Å²) in [4.78, 5) is 0. The molecular weight excluding hydrogens is 304 g/mol. The smallest absolute Gasteiger partial charge is 0.210 e. The van der Waals surface area contributed by atoms with Gasteiger partial charge in [0.15, 0.2) is 4.34 Å². The molecule has 0 radical (unpaired) electrons. The molecule has 0 spiro atoms. The maximum atomic E-state index is 8.49. The van der Waals surface area contributed by atoms with Crippen LogP contribution >= 0.6 is 23.1 Å². The van der Waals surface area contributed by atoms with Crippen molar-refractivity contribution in [2.24, 2.45) is 0 Å². The van der Waals surface area contributed by atoms with E-state index in [-0.39, 0.29) is 0 Å². The highest BCUT2D eigenvalue weighted by Crippen LogP contribution is 2.31. The zero-order valence-electron chi connectivity index (χ0n) is 11.7. The fourth-order valence-electron chi connectivity index (χ4n) is 1.60. The lowest BCUT2D eigenvalue weighted by Crippen LogP contribution is -1.97. The van der Waals surface area contributed by atoms with E-state index in [1.165, 1.54) is 11.3 Å². The van der Waals surface area contributed by atoms with Crippen LogP contribution in [0.2, 0.25) is 0 Å². The van der Waals surface area contributed by atoms with Crippen molar-refractivity contribution in [3.05, 3.63) is 24.3 Å². The number of ether oxygens (including phenoxy) is 1. The average Bonchev–Trinajstić information content (AvgIpc) is 2.94. The van der Waals surface area contributed by atoms with Crippen molar-refractivity contribution in [1.82, 2.24) is 10.2 Å². The fraction of sp³-hybridized carbons (Fsp3) is 0.357. The first-order valence-electron chi connectivity index (χ1n) is 6.65. The Bertz CT molecular complexity index is 609. The highest BCUT2D eigenvalue weighted by molar-refractivity contribution is 8.01. The number of aromatic nitrogens is 2. The number of unbranched alkanes of at least 4 members (excludes halogenated alkanes) is 1. The first-order chi connectivity index (χ1) is 10.3. The van der Waals surface area contributed by atoms with Gasteiger partial charge in [0.1, 0.15) is 5.75 Å². The van der Waals surface area contributed by atoms with Gasteiger partial charge in [0.2, 0.25) is 5.13 Å². The Kier molecular flexibility index (Phi) is 6.31. The van der Waals surface area contributed by atoms with Gasteiger partial charge in [-0.1, -0.05) is 35.2 Å². The average molecular weight is 320 g/mol. The number of nitrogens with one attached hydrogen (secondary N) is 1. The zero-order valence-corrected chi connectivity index (χ0v) is 13.3. The Morgan fingerprint density at radius 3 is 3.05 bits per heavy atom. The third kappa shape index (κ3) is 4.92. The van der Waals surface area contributed by atoms with E-state index in [0.29, 0.717) is 13.0 Å². The van der Waals surface area contributed by atoms with E-state index in [1.807, 2.05) is 31.2 Å². The van der Waals surface area contributed by atoms with Crippen LogP contribution in [0.1, 0.15) is 19.8 Å². The van der Waals surface area contributed by atoms with Crippen LogP contribution in [0.15, 0.2) is 28.6 Å². The lowest BCUT2D eigenvalue weighted by molar-refractivity contribution is 0.342. The van der Waals surface area contributed by atoms with Crippen molar-refractivity contribution in [3.63, 3.8) is 0 Å². The minimum absolute atomic E-state index is 0.582. The maximum absolute atomic E-state index is 8.49. The Hall–Kier alpha value is -1.78. The van der Waals surface area contributed by atoms with Gasteiger partial charge in [-0.05, 0) is 25.5 Å². The van der Waals surface area contributed by atoms with Crippen LogP contribution in [0, 0.1) is 11.3 Å². The Labute approximate surface area is 132 Å². The van der Waals surface area contributed by atoms with Gasteiger partial charge in [-0.2, -0.15) is 5.26 Å². The van der Waals surface area contributed by atoms with E-state index in [9.17, 15) is 0 Å². The molecule has 0 unspecified atom stereocenters. The summed E-state index contributed by atoms with van der Waals surface area (Å²) in [5.41, 5.74) is 0.886. The molecule has 0 bridgehead atoms. The molecule has 2 rings (SSSR count). The van der Waals surface area contributed by atoms with E-state index >= 15 is 0 Å². The van der Waals surface area contributed by atoms with Crippen LogP contribution in [0.4, 0.5) is 10.8 Å². The number of nitrogens with zero attached hydrogens (tertiary/aromatic N) is 3. The second-order valence-electron chi connectivity index (χ2n) is 4.04. The van der Waals surface area contributed by atoms with Crippen LogP contribution in [0.3, 0.4) is 0 Å². The monoisotopic (exact) mass is 320 g/mol. The van der Waals surface area contributed by atoms with E-state index < -0.39 is 0 Å². The lowest BCUT2D eigenvalue weighted by Gasteiger charge is -2.09. The van der Waals surface area contributed by atoms with Gasteiger partial charge >= 0.3 is 0 Å². The number of benzene rings is 1. The molecule has 2 aromatic rings. The van der Waals surface area contributed by atoms with Gasteiger partial charge in [-0.3, -0.25) is 0 Å². The standard InChI is InChI=1S/C14H16N4OS2/c1-2-19-12-8-4-3-7-11(12)16-13-17-18-14(21-13)20-10-6-5-9-15/h3-4,7-8H,2,5-6,10H2,1H3,(H,16,17). The predicted molar refractivity (Wildman–Crippen MR) is 86.4 cm³/mol. The third-order valence-corrected chi connectivity index (χ3v) is 4.55. The van der Waals surface area contributed by atoms with Crippen LogP contribution in [0.25, 0.3) is 0 Å². The first kappa shape index (κ1) is 15.6. The van der Waals surface area contributed by atoms with Gasteiger partial charge in [0.05, 0.1) is 18.4 Å². The normalized spacial score (nSPS) is 10.1. The summed E-state index contributed by atoms with van der Waals surface area (Å²) in [6.07, 6.45) is 1.45. The van der Waals surface area contributed by atoms with E-state index in [4.69, 9.17) is 10.00 Å². The number of para-hydroxylation sites is 2. The molecule has 0 aliphatic heterocycles. The summed E-state index contributed by atoms with van der Waals surface area (Å²) >= 11 is 3.13. The molecule has 7 heteroatoms. The highest BCUT2D eigenvalue weighted by atomic mass is 32.2. The molecule has 0 fully saturated rings. The Morgan fingerprint density at radius 2 is 2.24 bits per heavy atom. The lowest BCUT2D eigenvalue weighted by atomic mass is 10.3. The molecule has 1 aromatic carbocycles. The van der Waals surface area contributed by atoms with Crippen molar-refractivity contribution >= 4 is 33.9 Å². The van der Waals surface area contributed by atoms with Crippen molar-refractivity contribution in [3.8, 4) is 11.8 Å². The first-order valence-corrected chi connectivity index (χ1v) is 8.45. The van der Waals surface area contributed by atoms with Crippen molar-refractivity contribution < 1.29 is 4.74 Å². The summed E-state index contributed by atoms with van der Waals surface area (Å²) in [6.45, 7) is 2.58. The predicted octanol–water partition coefficient (Wildman–Crippen LogP) is 4.08. The Morgan fingerprint density at radius 1 is 1.38 bits per heavy atom. The number of hydrogen-bond donors (Lipinski definition) is 1. The van der Waals surface area contributed by atoms with Gasteiger partial charge in [-0.15, -0.1) is 10.2 Å². The summed E-state index contributed by atoms with van der Waals surface area (Å²) < 4.78 is 6.47. The molecule has 1 aromatic heterocycles. The van der Waals surface area contributed by atoms with Gasteiger partial charge in [0, 0.05) is 12.2 Å². The molecule has 110 valence electrons. The van der Waals surface area contributed by atoms with E-state index in [0.717, 1.165) is 33.1 Å². The van der Waals surface area contributed by atoms with Crippen LogP contribution in [0.5, 0.6) is 5.75 Å². The van der Waals surface area contributed by atoms with Crippen molar-refractivity contribution in [1.29, 1.82) is 5.26 Å². The molecule has 0 saturated carbocycles. The number of hydrogen-bond acceptors (Lipinski definition) is 7. The number of thioether (sulfide) groups is 1. The van der Waals surface area contributed by atoms with Crippen LogP contribution < -0.4 is 10.1 Å². The summed E-state index contributed by atoms with van der Waals surface area (Å²) in [5.74, 6) is 1.69.